The van der Waals surface area contributed by atoms with Crippen LogP contribution in [0.2, 0.25) is 0 Å². The molecule has 0 fully saturated rings. The lowest BCUT2D eigenvalue weighted by molar-refractivity contribution is 0.0992. The van der Waals surface area contributed by atoms with E-state index in [0.29, 0.717) is 0 Å². The van der Waals surface area contributed by atoms with E-state index in [-0.39, 0.29) is 16.9 Å². The Morgan fingerprint density at radius 3 is 2.43 bits per heavy atom. The molecule has 0 aliphatic heterocycles. The SMILES string of the molecule is Cc1cc(C(=O)C(C)Br)c(F)cc1F. The van der Waals surface area contributed by atoms with Gasteiger partial charge < -0.3 is 0 Å². The van der Waals surface area contributed by atoms with Crippen molar-refractivity contribution in [1.82, 2.24) is 0 Å². The fraction of sp³-hybridized carbons (Fsp3) is 0.300. The Morgan fingerprint density at radius 2 is 1.93 bits per heavy atom. The number of hydrogen-bond acceptors (Lipinski definition) is 1. The van der Waals surface area contributed by atoms with Gasteiger partial charge in [0, 0.05) is 6.07 Å². The molecular weight excluding hydrogens is 254 g/mol. The van der Waals surface area contributed by atoms with Crippen molar-refractivity contribution in [3.8, 4) is 0 Å². The monoisotopic (exact) mass is 262 g/mol. The molecule has 0 radical (unpaired) electrons. The van der Waals surface area contributed by atoms with Crippen LogP contribution in [0.25, 0.3) is 0 Å². The smallest absolute Gasteiger partial charge is 0.179 e. The lowest BCUT2D eigenvalue weighted by Gasteiger charge is -2.06. The van der Waals surface area contributed by atoms with Gasteiger partial charge in [0.25, 0.3) is 0 Å². The Kier molecular flexibility index (Phi) is 3.37. The summed E-state index contributed by atoms with van der Waals surface area (Å²) >= 11 is 3.04. The first-order chi connectivity index (χ1) is 6.43. The average Bonchev–Trinajstić information content (AvgIpc) is 2.10. The zero-order chi connectivity index (χ0) is 10.9. The first-order valence-electron chi connectivity index (χ1n) is 4.07. The highest BCUT2D eigenvalue weighted by Crippen LogP contribution is 2.17. The highest BCUT2D eigenvalue weighted by Gasteiger charge is 2.17. The summed E-state index contributed by atoms with van der Waals surface area (Å²) in [7, 11) is 0. The van der Waals surface area contributed by atoms with Crippen LogP contribution in [-0.4, -0.2) is 10.6 Å². The Bertz CT molecular complexity index is 375. The van der Waals surface area contributed by atoms with Crippen LogP contribution in [-0.2, 0) is 0 Å². The molecule has 1 atom stereocenters. The molecule has 0 bridgehead atoms. The third-order valence-corrected chi connectivity index (χ3v) is 2.29. The van der Waals surface area contributed by atoms with Gasteiger partial charge in [-0.15, -0.1) is 0 Å². The Balaban J connectivity index is 3.22. The first kappa shape index (κ1) is 11.3. The van der Waals surface area contributed by atoms with Crippen molar-refractivity contribution < 1.29 is 13.6 Å². The van der Waals surface area contributed by atoms with E-state index in [1.165, 1.54) is 13.0 Å². The van der Waals surface area contributed by atoms with Crippen molar-refractivity contribution in [3.05, 3.63) is 34.9 Å². The van der Waals surface area contributed by atoms with Gasteiger partial charge in [0.2, 0.25) is 0 Å². The number of carbonyl (C=O) groups excluding carboxylic acids is 1. The number of rotatable bonds is 2. The van der Waals surface area contributed by atoms with Gasteiger partial charge >= 0.3 is 0 Å². The molecule has 0 aromatic heterocycles. The van der Waals surface area contributed by atoms with E-state index < -0.39 is 16.5 Å². The van der Waals surface area contributed by atoms with Crippen molar-refractivity contribution in [2.75, 3.05) is 0 Å². The van der Waals surface area contributed by atoms with E-state index >= 15 is 0 Å². The Morgan fingerprint density at radius 1 is 1.36 bits per heavy atom. The van der Waals surface area contributed by atoms with Gasteiger partial charge in [0.15, 0.2) is 5.78 Å². The van der Waals surface area contributed by atoms with Gasteiger partial charge in [0.1, 0.15) is 11.6 Å². The fourth-order valence-electron chi connectivity index (χ4n) is 1.06. The molecule has 0 saturated heterocycles. The predicted octanol–water partition coefficient (Wildman–Crippen LogP) is 3.24. The summed E-state index contributed by atoms with van der Waals surface area (Å²) < 4.78 is 26.0. The van der Waals surface area contributed by atoms with Crippen molar-refractivity contribution in [3.63, 3.8) is 0 Å². The second-order valence-electron chi connectivity index (χ2n) is 3.06. The summed E-state index contributed by atoms with van der Waals surface area (Å²) in [5, 5.41) is 0. The van der Waals surface area contributed by atoms with Crippen molar-refractivity contribution >= 4 is 21.7 Å². The highest BCUT2D eigenvalue weighted by atomic mass is 79.9. The molecule has 0 aliphatic carbocycles. The summed E-state index contributed by atoms with van der Waals surface area (Å²) in [5.74, 6) is -1.84. The van der Waals surface area contributed by atoms with Gasteiger partial charge in [-0.05, 0) is 25.5 Å². The van der Waals surface area contributed by atoms with Gasteiger partial charge in [0.05, 0.1) is 10.4 Å². The number of hydrogen-bond donors (Lipinski definition) is 0. The topological polar surface area (TPSA) is 17.1 Å². The third kappa shape index (κ3) is 2.18. The fourth-order valence-corrected chi connectivity index (χ4v) is 1.31. The molecule has 1 nitrogen and oxygen atoms in total. The molecule has 0 heterocycles. The molecule has 1 unspecified atom stereocenters. The van der Waals surface area contributed by atoms with Crippen LogP contribution < -0.4 is 0 Å². The van der Waals surface area contributed by atoms with Crippen LogP contribution in [0.3, 0.4) is 0 Å². The van der Waals surface area contributed by atoms with Crippen molar-refractivity contribution in [2.45, 2.75) is 18.7 Å². The van der Waals surface area contributed by atoms with Crippen LogP contribution in [0.1, 0.15) is 22.8 Å². The van der Waals surface area contributed by atoms with Crippen LogP contribution in [0.5, 0.6) is 0 Å². The number of carbonyl (C=O) groups is 1. The van der Waals surface area contributed by atoms with Crippen LogP contribution in [0.15, 0.2) is 12.1 Å². The lowest BCUT2D eigenvalue weighted by Crippen LogP contribution is -2.12. The Hall–Kier alpha value is -0.770. The first-order valence-corrected chi connectivity index (χ1v) is 4.99. The van der Waals surface area contributed by atoms with Gasteiger partial charge in [-0.1, -0.05) is 15.9 Å². The molecule has 4 heteroatoms. The van der Waals surface area contributed by atoms with E-state index in [2.05, 4.69) is 15.9 Å². The maximum Gasteiger partial charge on any atom is 0.179 e. The standard InChI is InChI=1S/C10H9BrF2O/c1-5-3-7(10(14)6(2)11)9(13)4-8(5)12/h3-4,6H,1-2H3. The van der Waals surface area contributed by atoms with E-state index in [4.69, 9.17) is 0 Å². The Labute approximate surface area is 89.3 Å². The minimum absolute atomic E-state index is 0.0757. The number of Topliss-reactive ketones (excluding diaryl/α,β-unsaturated/α-hetero) is 1. The van der Waals surface area contributed by atoms with Crippen LogP contribution in [0.4, 0.5) is 8.78 Å². The number of alkyl halides is 1. The highest BCUT2D eigenvalue weighted by molar-refractivity contribution is 9.10. The molecule has 0 amide bonds. The summed E-state index contributed by atoms with van der Waals surface area (Å²) in [5.41, 5.74) is 0.191. The minimum Gasteiger partial charge on any atom is -0.293 e. The third-order valence-electron chi connectivity index (χ3n) is 1.88. The molecule has 76 valence electrons. The molecule has 0 saturated carbocycles. The number of halogens is 3. The number of aryl methyl sites for hydroxylation is 1. The molecule has 1 aromatic carbocycles. The van der Waals surface area contributed by atoms with E-state index in [0.717, 1.165) is 6.07 Å². The molecular formula is C10H9BrF2O. The average molecular weight is 263 g/mol. The van der Waals surface area contributed by atoms with Gasteiger partial charge in [-0.25, -0.2) is 8.78 Å². The lowest BCUT2D eigenvalue weighted by atomic mass is 10.1. The maximum absolute atomic E-state index is 13.2. The second kappa shape index (κ2) is 4.17. The number of benzene rings is 1. The number of ketones is 1. The molecule has 1 aromatic rings. The summed E-state index contributed by atoms with van der Waals surface area (Å²) in [4.78, 5) is 10.9. The normalized spacial score (nSPS) is 12.6. The zero-order valence-corrected chi connectivity index (χ0v) is 9.36. The van der Waals surface area contributed by atoms with Crippen LogP contribution in [0, 0.1) is 18.6 Å². The van der Waals surface area contributed by atoms with Gasteiger partial charge in [-0.3, -0.25) is 4.79 Å². The van der Waals surface area contributed by atoms with Crippen LogP contribution >= 0.6 is 15.9 Å². The van der Waals surface area contributed by atoms with E-state index in [1.54, 1.807) is 6.92 Å². The molecule has 0 N–H and O–H groups in total. The van der Waals surface area contributed by atoms with Crippen molar-refractivity contribution in [1.29, 1.82) is 0 Å². The molecule has 1 rings (SSSR count). The quantitative estimate of drug-likeness (QED) is 0.591. The van der Waals surface area contributed by atoms with Crippen molar-refractivity contribution in [2.24, 2.45) is 0 Å². The largest absolute Gasteiger partial charge is 0.293 e. The summed E-state index contributed by atoms with van der Waals surface area (Å²) in [6.07, 6.45) is 0. The van der Waals surface area contributed by atoms with E-state index in [1.807, 2.05) is 0 Å². The maximum atomic E-state index is 13.2. The minimum atomic E-state index is -0.815. The molecule has 0 aliphatic rings. The van der Waals surface area contributed by atoms with E-state index in [9.17, 15) is 13.6 Å². The summed E-state index contributed by atoms with van der Waals surface area (Å²) in [6, 6.07) is 1.96. The zero-order valence-electron chi connectivity index (χ0n) is 7.77. The van der Waals surface area contributed by atoms with Gasteiger partial charge in [-0.2, -0.15) is 0 Å². The predicted molar refractivity (Wildman–Crippen MR) is 53.8 cm³/mol. The molecule has 14 heavy (non-hydrogen) atoms. The summed E-state index contributed by atoms with van der Waals surface area (Å²) in [6.45, 7) is 3.09. The molecule has 0 spiro atoms. The second-order valence-corrected chi connectivity index (χ2v) is 4.44.